The molecule has 108 valence electrons. The van der Waals surface area contributed by atoms with Crippen LogP contribution in [0, 0.1) is 5.41 Å². The van der Waals surface area contributed by atoms with Crippen LogP contribution in [0.4, 0.5) is 0 Å². The molecule has 1 aliphatic carbocycles. The van der Waals surface area contributed by atoms with E-state index in [0.717, 1.165) is 16.2 Å². The molecule has 0 radical (unpaired) electrons. The maximum Gasteiger partial charge on any atom is 0.344 e. The molecule has 0 saturated heterocycles. The molecule has 0 aliphatic heterocycles. The Bertz CT molecular complexity index is 463. The first-order chi connectivity index (χ1) is 9.08. The fourth-order valence-electron chi connectivity index (χ4n) is 2.68. The van der Waals surface area contributed by atoms with E-state index in [-0.39, 0.29) is 11.7 Å². The third kappa shape index (κ3) is 3.45. The normalized spacial score (nSPS) is 18.9. The number of aromatic nitrogens is 3. The van der Waals surface area contributed by atoms with Crippen molar-refractivity contribution in [1.29, 1.82) is 0 Å². The molecule has 0 spiro atoms. The van der Waals surface area contributed by atoms with E-state index in [1.165, 1.54) is 32.1 Å². The van der Waals surface area contributed by atoms with Crippen LogP contribution >= 0.6 is 27.7 Å². The molecular formula is C13H22BrN3OS. The van der Waals surface area contributed by atoms with Crippen LogP contribution in [0.2, 0.25) is 0 Å². The van der Waals surface area contributed by atoms with Crippen LogP contribution in [0.3, 0.4) is 0 Å². The van der Waals surface area contributed by atoms with Gasteiger partial charge >= 0.3 is 5.69 Å². The Morgan fingerprint density at radius 2 is 2.11 bits per heavy atom. The summed E-state index contributed by atoms with van der Waals surface area (Å²) < 4.78 is 1.75. The Kier molecular flexibility index (Phi) is 5.17. The van der Waals surface area contributed by atoms with Gasteiger partial charge in [0.05, 0.1) is 0 Å². The maximum absolute atomic E-state index is 11.7. The van der Waals surface area contributed by atoms with E-state index in [1.807, 2.05) is 13.8 Å². The van der Waals surface area contributed by atoms with Crippen molar-refractivity contribution in [2.45, 2.75) is 57.1 Å². The number of thioether (sulfide) groups is 1. The Morgan fingerprint density at radius 1 is 1.42 bits per heavy atom. The summed E-state index contributed by atoms with van der Waals surface area (Å²) in [6.07, 6.45) is 6.56. The van der Waals surface area contributed by atoms with Crippen LogP contribution in [-0.2, 0) is 0 Å². The van der Waals surface area contributed by atoms with Gasteiger partial charge in [0.25, 0.3) is 0 Å². The van der Waals surface area contributed by atoms with Crippen LogP contribution in [0.5, 0.6) is 0 Å². The number of hydrogen-bond acceptors (Lipinski definition) is 3. The van der Waals surface area contributed by atoms with Crippen LogP contribution in [0.25, 0.3) is 0 Å². The first-order valence-electron chi connectivity index (χ1n) is 6.94. The predicted octanol–water partition coefficient (Wildman–Crippen LogP) is 3.59. The highest BCUT2D eigenvalue weighted by atomic mass is 79.9. The molecule has 0 bridgehead atoms. The zero-order valence-electron chi connectivity index (χ0n) is 11.6. The summed E-state index contributed by atoms with van der Waals surface area (Å²) in [5, 5.41) is 8.59. The van der Waals surface area contributed by atoms with Gasteiger partial charge in [-0.25, -0.2) is 9.89 Å². The minimum Gasteiger partial charge on any atom is -0.268 e. The molecule has 0 amide bonds. The fraction of sp³-hybridized carbons (Fsp3) is 0.846. The Labute approximate surface area is 126 Å². The fourth-order valence-corrected chi connectivity index (χ4v) is 5.07. The van der Waals surface area contributed by atoms with E-state index >= 15 is 0 Å². The highest BCUT2D eigenvalue weighted by Gasteiger charge is 2.31. The number of hydrogen-bond donors (Lipinski definition) is 1. The molecule has 19 heavy (non-hydrogen) atoms. The molecule has 6 heteroatoms. The summed E-state index contributed by atoms with van der Waals surface area (Å²) in [6, 6.07) is 0.153. The van der Waals surface area contributed by atoms with E-state index in [1.54, 1.807) is 16.3 Å². The first-order valence-corrected chi connectivity index (χ1v) is 9.04. The lowest BCUT2D eigenvalue weighted by molar-refractivity contribution is 0.260. The van der Waals surface area contributed by atoms with E-state index < -0.39 is 0 Å². The Balaban J connectivity index is 2.07. The zero-order valence-corrected chi connectivity index (χ0v) is 14.0. The monoisotopic (exact) mass is 347 g/mol. The Hall–Kier alpha value is -0.230. The van der Waals surface area contributed by atoms with Gasteiger partial charge in [0.1, 0.15) is 0 Å². The van der Waals surface area contributed by atoms with Gasteiger partial charge in [-0.05, 0) is 32.1 Å². The maximum atomic E-state index is 11.7. The summed E-state index contributed by atoms with van der Waals surface area (Å²) in [4.78, 5) is 11.7. The second kappa shape index (κ2) is 6.48. The van der Waals surface area contributed by atoms with Gasteiger partial charge in [-0.3, -0.25) is 4.57 Å². The summed E-state index contributed by atoms with van der Waals surface area (Å²) >= 11 is 5.40. The number of nitrogens with zero attached hydrogens (tertiary/aromatic N) is 2. The van der Waals surface area contributed by atoms with Crippen molar-refractivity contribution in [2.24, 2.45) is 5.41 Å². The molecule has 1 N–H and O–H groups in total. The molecule has 4 nitrogen and oxygen atoms in total. The van der Waals surface area contributed by atoms with E-state index in [4.69, 9.17) is 0 Å². The summed E-state index contributed by atoms with van der Waals surface area (Å²) in [6.45, 7) is 4.03. The van der Waals surface area contributed by atoms with E-state index in [0.29, 0.717) is 5.41 Å². The SMILES string of the molecule is CC(C)n1c(SCC2(CBr)CCCCC2)n[nH]c1=O. The molecule has 1 fully saturated rings. The second-order valence-electron chi connectivity index (χ2n) is 5.76. The lowest BCUT2D eigenvalue weighted by Gasteiger charge is -2.35. The van der Waals surface area contributed by atoms with Crippen LogP contribution in [0.1, 0.15) is 52.0 Å². The number of aromatic amines is 1. The van der Waals surface area contributed by atoms with Crippen LogP contribution in [-0.4, -0.2) is 25.8 Å². The standard InChI is InChI=1S/C13H22BrN3OS/c1-10(2)17-11(18)15-16-12(17)19-9-13(8-14)6-4-3-5-7-13/h10H,3-9H2,1-2H3,(H,15,18). The van der Waals surface area contributed by atoms with Crippen molar-refractivity contribution in [2.75, 3.05) is 11.1 Å². The highest BCUT2D eigenvalue weighted by Crippen LogP contribution is 2.41. The minimum atomic E-state index is -0.103. The molecule has 1 heterocycles. The van der Waals surface area contributed by atoms with Gasteiger partial charge < -0.3 is 0 Å². The zero-order chi connectivity index (χ0) is 13.9. The largest absolute Gasteiger partial charge is 0.344 e. The van der Waals surface area contributed by atoms with Crippen molar-refractivity contribution >= 4 is 27.7 Å². The second-order valence-corrected chi connectivity index (χ2v) is 7.26. The number of halogens is 1. The molecule has 1 aromatic heterocycles. The quantitative estimate of drug-likeness (QED) is 0.654. The van der Waals surface area contributed by atoms with E-state index in [9.17, 15) is 4.79 Å². The summed E-state index contributed by atoms with van der Waals surface area (Å²) in [5.41, 5.74) is 0.272. The average molecular weight is 348 g/mol. The van der Waals surface area contributed by atoms with Gasteiger partial charge in [0, 0.05) is 17.1 Å². The van der Waals surface area contributed by atoms with Gasteiger partial charge in [-0.1, -0.05) is 47.0 Å². The lowest BCUT2D eigenvalue weighted by Crippen LogP contribution is -2.29. The van der Waals surface area contributed by atoms with Crippen molar-refractivity contribution in [3.63, 3.8) is 0 Å². The third-order valence-electron chi connectivity index (χ3n) is 3.89. The minimum absolute atomic E-state index is 0.103. The van der Waals surface area contributed by atoms with E-state index in [2.05, 4.69) is 26.1 Å². The molecule has 0 aromatic carbocycles. The smallest absolute Gasteiger partial charge is 0.268 e. The van der Waals surface area contributed by atoms with Crippen LogP contribution < -0.4 is 5.69 Å². The van der Waals surface area contributed by atoms with Crippen molar-refractivity contribution < 1.29 is 0 Å². The number of alkyl halides is 1. The molecule has 0 atom stereocenters. The molecule has 1 aliphatic rings. The van der Waals surface area contributed by atoms with Gasteiger partial charge in [-0.2, -0.15) is 0 Å². The summed E-state index contributed by atoms with van der Waals surface area (Å²) in [7, 11) is 0. The van der Waals surface area contributed by atoms with Crippen molar-refractivity contribution in [1.82, 2.24) is 14.8 Å². The number of nitrogens with one attached hydrogen (secondary N) is 1. The predicted molar refractivity (Wildman–Crippen MR) is 83.3 cm³/mol. The first kappa shape index (κ1) is 15.2. The Morgan fingerprint density at radius 3 is 2.68 bits per heavy atom. The topological polar surface area (TPSA) is 50.7 Å². The highest BCUT2D eigenvalue weighted by molar-refractivity contribution is 9.09. The average Bonchev–Trinajstić information content (AvgIpc) is 2.79. The third-order valence-corrected chi connectivity index (χ3v) is 6.39. The number of H-pyrrole nitrogens is 1. The summed E-state index contributed by atoms with van der Waals surface area (Å²) in [5.74, 6) is 1.04. The van der Waals surface area contributed by atoms with Gasteiger partial charge in [-0.15, -0.1) is 5.10 Å². The van der Waals surface area contributed by atoms with Gasteiger partial charge in [0.15, 0.2) is 5.16 Å². The molecule has 0 unspecified atom stereocenters. The van der Waals surface area contributed by atoms with Crippen LogP contribution in [0.15, 0.2) is 9.95 Å². The molecule has 1 aromatic rings. The molecule has 1 saturated carbocycles. The molecular weight excluding hydrogens is 326 g/mol. The molecule has 2 rings (SSSR count). The lowest BCUT2D eigenvalue weighted by atomic mass is 9.77. The number of rotatable bonds is 5. The van der Waals surface area contributed by atoms with Gasteiger partial charge in [0.2, 0.25) is 0 Å². The van der Waals surface area contributed by atoms with Crippen molar-refractivity contribution in [3.8, 4) is 0 Å². The van der Waals surface area contributed by atoms with Crippen molar-refractivity contribution in [3.05, 3.63) is 10.5 Å².